The molecule has 0 aliphatic heterocycles. The standard InChI is InChI=1S/C25H38ClN3O5S/c1-17(27-14-21-29-20(16-35-21)18(2)33-24(3,4)5)13-19(11-9-10-12-26)32-22(30)15-28-23(31)34-25(6,7)8/h9,11,16,19,27H,1-2,10,12-15H2,3-8H3,(H,28,31)/b11-9+. The van der Waals surface area contributed by atoms with Crippen LogP contribution in [0.15, 0.2) is 36.4 Å². The van der Waals surface area contributed by atoms with E-state index < -0.39 is 23.8 Å². The Balaban J connectivity index is 2.60. The highest BCUT2D eigenvalue weighted by atomic mass is 35.5. The normalized spacial score (nSPS) is 12.7. The minimum Gasteiger partial charge on any atom is -0.486 e. The summed E-state index contributed by atoms with van der Waals surface area (Å²) in [5, 5.41) is 8.34. The van der Waals surface area contributed by atoms with Crippen molar-refractivity contribution >= 4 is 40.8 Å². The van der Waals surface area contributed by atoms with Crippen molar-refractivity contribution in [3.8, 4) is 0 Å². The summed E-state index contributed by atoms with van der Waals surface area (Å²) < 4.78 is 16.4. The number of thiazole rings is 1. The lowest BCUT2D eigenvalue weighted by atomic mass is 10.2. The molecule has 0 saturated carbocycles. The third-order valence-electron chi connectivity index (χ3n) is 3.89. The fraction of sp³-hybridized carbons (Fsp3) is 0.560. The van der Waals surface area contributed by atoms with Gasteiger partial charge < -0.3 is 24.8 Å². The van der Waals surface area contributed by atoms with E-state index in [-0.39, 0.29) is 12.1 Å². The maximum absolute atomic E-state index is 12.3. The van der Waals surface area contributed by atoms with Crippen LogP contribution >= 0.6 is 22.9 Å². The lowest BCUT2D eigenvalue weighted by Crippen LogP contribution is -2.37. The van der Waals surface area contributed by atoms with Crippen molar-refractivity contribution in [1.29, 1.82) is 0 Å². The molecule has 1 amide bonds. The lowest BCUT2D eigenvalue weighted by molar-refractivity contribution is -0.145. The number of carbonyl (C=O) groups excluding carboxylic acids is 2. The van der Waals surface area contributed by atoms with Crippen LogP contribution in [0.4, 0.5) is 4.79 Å². The summed E-state index contributed by atoms with van der Waals surface area (Å²) in [7, 11) is 0. The van der Waals surface area contributed by atoms with Gasteiger partial charge in [0.15, 0.2) is 0 Å². The first-order valence-corrected chi connectivity index (χ1v) is 12.7. The Kier molecular flexibility index (Phi) is 12.3. The number of allylic oxidation sites excluding steroid dienone is 1. The van der Waals surface area contributed by atoms with Crippen LogP contribution in [-0.4, -0.2) is 46.8 Å². The predicted molar refractivity (Wildman–Crippen MR) is 141 cm³/mol. The molecule has 2 N–H and O–H groups in total. The highest BCUT2D eigenvalue weighted by Gasteiger charge is 2.19. The van der Waals surface area contributed by atoms with E-state index in [0.717, 1.165) is 5.01 Å². The molecule has 1 heterocycles. The monoisotopic (exact) mass is 527 g/mol. The number of esters is 1. The summed E-state index contributed by atoms with van der Waals surface area (Å²) in [5.74, 6) is 0.383. The van der Waals surface area contributed by atoms with Crippen molar-refractivity contribution in [2.45, 2.75) is 78.2 Å². The Bertz CT molecular complexity index is 900. The average Bonchev–Trinajstić information content (AvgIpc) is 3.18. The zero-order chi connectivity index (χ0) is 26.6. The summed E-state index contributed by atoms with van der Waals surface area (Å²) in [6.07, 6.45) is 3.32. The largest absolute Gasteiger partial charge is 0.486 e. The second kappa shape index (κ2) is 14.1. The summed E-state index contributed by atoms with van der Waals surface area (Å²) in [6.45, 7) is 19.2. The van der Waals surface area contributed by atoms with E-state index in [9.17, 15) is 9.59 Å². The summed E-state index contributed by atoms with van der Waals surface area (Å²) in [6, 6.07) is 0. The van der Waals surface area contributed by atoms with Crippen LogP contribution in [-0.2, 0) is 25.5 Å². The minimum absolute atomic E-state index is 0.308. The maximum atomic E-state index is 12.3. The van der Waals surface area contributed by atoms with E-state index >= 15 is 0 Å². The van der Waals surface area contributed by atoms with Gasteiger partial charge in [0, 0.05) is 23.4 Å². The lowest BCUT2D eigenvalue weighted by Gasteiger charge is -2.21. The molecule has 1 rings (SSSR count). The number of hydrogen-bond donors (Lipinski definition) is 2. The first-order valence-electron chi connectivity index (χ1n) is 11.3. The highest BCUT2D eigenvalue weighted by Crippen LogP contribution is 2.23. The third kappa shape index (κ3) is 14.5. The molecule has 0 bridgehead atoms. The van der Waals surface area contributed by atoms with Gasteiger partial charge in [0.1, 0.15) is 40.3 Å². The smallest absolute Gasteiger partial charge is 0.408 e. The van der Waals surface area contributed by atoms with Gasteiger partial charge in [-0.3, -0.25) is 4.79 Å². The molecule has 8 nitrogen and oxygen atoms in total. The molecule has 0 saturated heterocycles. The van der Waals surface area contributed by atoms with E-state index in [1.54, 1.807) is 26.8 Å². The van der Waals surface area contributed by atoms with Gasteiger partial charge in [0.25, 0.3) is 0 Å². The SMILES string of the molecule is C=C(CC(/C=C/CCCl)OC(=O)CNC(=O)OC(C)(C)C)NCc1nc(C(=C)OC(C)(C)C)cs1. The second-order valence-corrected chi connectivity index (χ2v) is 11.0. The van der Waals surface area contributed by atoms with E-state index in [4.69, 9.17) is 25.8 Å². The number of rotatable bonds is 13. The molecule has 35 heavy (non-hydrogen) atoms. The topological polar surface area (TPSA) is 98.8 Å². The van der Waals surface area contributed by atoms with Crippen LogP contribution in [0.3, 0.4) is 0 Å². The fourth-order valence-corrected chi connectivity index (χ4v) is 3.45. The molecule has 196 valence electrons. The van der Waals surface area contributed by atoms with Gasteiger partial charge in [-0.25, -0.2) is 9.78 Å². The summed E-state index contributed by atoms with van der Waals surface area (Å²) in [5.41, 5.74) is 0.356. The minimum atomic E-state index is -0.687. The molecule has 1 aromatic heterocycles. The molecule has 0 fully saturated rings. The second-order valence-electron chi connectivity index (χ2n) is 9.71. The average molecular weight is 528 g/mol. The Morgan fingerprint density at radius 3 is 2.40 bits per heavy atom. The number of amides is 1. The van der Waals surface area contributed by atoms with Crippen molar-refractivity contribution in [2.75, 3.05) is 12.4 Å². The van der Waals surface area contributed by atoms with Gasteiger partial charge in [-0.05, 0) is 54.0 Å². The number of halogens is 1. The molecular formula is C25H38ClN3O5S. The molecule has 10 heteroatoms. The number of alkyl halides is 1. The Labute approximate surface area is 217 Å². The number of ether oxygens (including phenoxy) is 3. The number of nitrogens with one attached hydrogen (secondary N) is 2. The quantitative estimate of drug-likeness (QED) is 0.150. The van der Waals surface area contributed by atoms with Crippen LogP contribution < -0.4 is 10.6 Å². The van der Waals surface area contributed by atoms with Crippen LogP contribution in [0.1, 0.15) is 65.1 Å². The fourth-order valence-electron chi connectivity index (χ4n) is 2.59. The number of hydrogen-bond acceptors (Lipinski definition) is 8. The number of carbonyl (C=O) groups is 2. The van der Waals surface area contributed by atoms with E-state index in [2.05, 4.69) is 28.8 Å². The number of alkyl carbamates (subject to hydrolysis) is 1. The van der Waals surface area contributed by atoms with Gasteiger partial charge in [-0.15, -0.1) is 22.9 Å². The molecule has 1 atom stereocenters. The summed E-state index contributed by atoms with van der Waals surface area (Å²) in [4.78, 5) is 28.6. The molecule has 1 unspecified atom stereocenters. The maximum Gasteiger partial charge on any atom is 0.408 e. The van der Waals surface area contributed by atoms with E-state index in [1.165, 1.54) is 11.3 Å². The van der Waals surface area contributed by atoms with Crippen molar-refractivity contribution < 1.29 is 23.8 Å². The first kappa shape index (κ1) is 30.5. The van der Waals surface area contributed by atoms with Crippen LogP contribution in [0, 0.1) is 0 Å². The molecule has 0 radical (unpaired) electrons. The molecule has 0 aromatic carbocycles. The zero-order valence-corrected chi connectivity index (χ0v) is 23.1. The highest BCUT2D eigenvalue weighted by molar-refractivity contribution is 7.09. The van der Waals surface area contributed by atoms with Gasteiger partial charge in [0.2, 0.25) is 0 Å². The predicted octanol–water partition coefficient (Wildman–Crippen LogP) is 5.54. The van der Waals surface area contributed by atoms with Crippen molar-refractivity contribution in [3.05, 3.63) is 47.1 Å². The Morgan fingerprint density at radius 1 is 1.14 bits per heavy atom. The van der Waals surface area contributed by atoms with Crippen LogP contribution in [0.25, 0.3) is 5.76 Å². The first-order chi connectivity index (χ1) is 16.2. The molecule has 0 spiro atoms. The van der Waals surface area contributed by atoms with Gasteiger partial charge >= 0.3 is 12.1 Å². The molecular weight excluding hydrogens is 490 g/mol. The van der Waals surface area contributed by atoms with Crippen LogP contribution in [0.2, 0.25) is 0 Å². The van der Waals surface area contributed by atoms with E-state index in [0.29, 0.717) is 42.4 Å². The van der Waals surface area contributed by atoms with E-state index in [1.807, 2.05) is 32.2 Å². The molecule has 0 aliphatic carbocycles. The number of nitrogens with zero attached hydrogens (tertiary/aromatic N) is 1. The number of aromatic nitrogens is 1. The molecule has 0 aliphatic rings. The van der Waals surface area contributed by atoms with Gasteiger partial charge in [-0.1, -0.05) is 19.2 Å². The molecule has 1 aromatic rings. The van der Waals surface area contributed by atoms with Crippen molar-refractivity contribution in [3.63, 3.8) is 0 Å². The van der Waals surface area contributed by atoms with Gasteiger partial charge in [0.05, 0.1) is 6.54 Å². The summed E-state index contributed by atoms with van der Waals surface area (Å²) >= 11 is 7.22. The van der Waals surface area contributed by atoms with Gasteiger partial charge in [-0.2, -0.15) is 0 Å². The van der Waals surface area contributed by atoms with Crippen LogP contribution in [0.5, 0.6) is 0 Å². The Morgan fingerprint density at radius 2 is 1.80 bits per heavy atom. The van der Waals surface area contributed by atoms with Crippen molar-refractivity contribution in [1.82, 2.24) is 15.6 Å². The zero-order valence-electron chi connectivity index (χ0n) is 21.5. The van der Waals surface area contributed by atoms with Crippen molar-refractivity contribution in [2.24, 2.45) is 0 Å². The Hall–Kier alpha value is -2.52. The third-order valence-corrected chi connectivity index (χ3v) is 4.96.